The molecule has 0 unspecified atom stereocenters. The summed E-state index contributed by atoms with van der Waals surface area (Å²) in [6.07, 6.45) is 4.58. The highest BCUT2D eigenvalue weighted by Crippen LogP contribution is 2.27. The quantitative estimate of drug-likeness (QED) is 0.863. The van der Waals surface area contributed by atoms with Gasteiger partial charge in [-0.3, -0.25) is 0 Å². The maximum absolute atomic E-state index is 8.68. The Bertz CT molecular complexity index is 399. The van der Waals surface area contributed by atoms with Crippen molar-refractivity contribution in [3.8, 4) is 6.07 Å². The van der Waals surface area contributed by atoms with E-state index in [0.29, 0.717) is 18.8 Å². The highest BCUT2D eigenvalue weighted by Gasteiger charge is 2.29. The Hall–Kier alpha value is -1.37. The first-order valence-electron chi connectivity index (χ1n) is 6.08. The van der Waals surface area contributed by atoms with Crippen LogP contribution in [0.15, 0.2) is 24.3 Å². The van der Waals surface area contributed by atoms with Gasteiger partial charge in [-0.25, -0.2) is 0 Å². The van der Waals surface area contributed by atoms with Crippen LogP contribution in [0, 0.1) is 11.3 Å². The fourth-order valence-corrected chi connectivity index (χ4v) is 2.27. The van der Waals surface area contributed by atoms with Gasteiger partial charge < -0.3 is 10.5 Å². The Morgan fingerprint density at radius 2 is 1.88 bits per heavy atom. The highest BCUT2D eigenvalue weighted by atomic mass is 16.5. The molecule has 0 radical (unpaired) electrons. The molecule has 0 aliphatic heterocycles. The second-order valence-electron chi connectivity index (χ2n) is 4.87. The van der Waals surface area contributed by atoms with Crippen molar-refractivity contribution >= 4 is 0 Å². The fourth-order valence-electron chi connectivity index (χ4n) is 2.27. The van der Waals surface area contributed by atoms with Crippen LogP contribution in [-0.4, -0.2) is 12.1 Å². The summed E-state index contributed by atoms with van der Waals surface area (Å²) in [4.78, 5) is 0. The predicted octanol–water partition coefficient (Wildman–Crippen LogP) is 2.35. The van der Waals surface area contributed by atoms with Crippen molar-refractivity contribution < 1.29 is 4.74 Å². The van der Waals surface area contributed by atoms with Gasteiger partial charge in [-0.2, -0.15) is 5.26 Å². The Kier molecular flexibility index (Phi) is 3.78. The number of ether oxygens (including phenoxy) is 1. The molecule has 17 heavy (non-hydrogen) atoms. The molecule has 0 aromatic heterocycles. The summed E-state index contributed by atoms with van der Waals surface area (Å²) in [6.45, 7) is 1.21. The van der Waals surface area contributed by atoms with Crippen LogP contribution in [0.1, 0.15) is 36.8 Å². The maximum atomic E-state index is 8.68. The topological polar surface area (TPSA) is 59.0 Å². The number of benzene rings is 1. The summed E-state index contributed by atoms with van der Waals surface area (Å²) >= 11 is 0. The minimum absolute atomic E-state index is 0.105. The van der Waals surface area contributed by atoms with Crippen molar-refractivity contribution in [2.75, 3.05) is 6.61 Å². The van der Waals surface area contributed by atoms with Crippen LogP contribution in [-0.2, 0) is 11.3 Å². The molecule has 0 spiro atoms. The molecule has 0 amide bonds. The van der Waals surface area contributed by atoms with Gasteiger partial charge in [0.1, 0.15) is 0 Å². The van der Waals surface area contributed by atoms with Crippen molar-refractivity contribution in [3.63, 3.8) is 0 Å². The van der Waals surface area contributed by atoms with Gasteiger partial charge in [0.25, 0.3) is 0 Å². The summed E-state index contributed by atoms with van der Waals surface area (Å²) in [5.41, 5.74) is 7.87. The number of nitrogens with two attached hydrogens (primary N) is 1. The average molecular weight is 230 g/mol. The van der Waals surface area contributed by atoms with Crippen molar-refractivity contribution in [2.24, 2.45) is 5.73 Å². The van der Waals surface area contributed by atoms with Gasteiger partial charge in [0, 0.05) is 5.54 Å². The molecular weight excluding hydrogens is 212 g/mol. The van der Waals surface area contributed by atoms with E-state index >= 15 is 0 Å². The average Bonchev–Trinajstić information content (AvgIpc) is 2.77. The lowest BCUT2D eigenvalue weighted by molar-refractivity contribution is 0.0751. The van der Waals surface area contributed by atoms with E-state index in [4.69, 9.17) is 15.7 Å². The molecular formula is C14H18N2O. The summed E-state index contributed by atoms with van der Waals surface area (Å²) in [5, 5.41) is 8.68. The van der Waals surface area contributed by atoms with Gasteiger partial charge in [-0.15, -0.1) is 0 Å². The van der Waals surface area contributed by atoms with Gasteiger partial charge in [-0.1, -0.05) is 25.0 Å². The van der Waals surface area contributed by atoms with E-state index in [-0.39, 0.29) is 5.54 Å². The summed E-state index contributed by atoms with van der Waals surface area (Å²) in [5.74, 6) is 0. The smallest absolute Gasteiger partial charge is 0.0991 e. The largest absolute Gasteiger partial charge is 0.375 e. The van der Waals surface area contributed by atoms with Crippen molar-refractivity contribution in [2.45, 2.75) is 37.8 Å². The molecule has 3 nitrogen and oxygen atoms in total. The third-order valence-electron chi connectivity index (χ3n) is 3.34. The normalized spacial score (nSPS) is 17.9. The minimum Gasteiger partial charge on any atom is -0.375 e. The van der Waals surface area contributed by atoms with Crippen LogP contribution in [0.4, 0.5) is 0 Å². The zero-order chi connectivity index (χ0) is 12.1. The molecule has 1 aromatic rings. The minimum atomic E-state index is -0.105. The van der Waals surface area contributed by atoms with Crippen molar-refractivity contribution in [1.82, 2.24) is 0 Å². The molecule has 0 heterocycles. The first-order valence-corrected chi connectivity index (χ1v) is 6.08. The lowest BCUT2D eigenvalue weighted by atomic mass is 10.0. The summed E-state index contributed by atoms with van der Waals surface area (Å²) < 4.78 is 5.67. The van der Waals surface area contributed by atoms with Crippen LogP contribution in [0.5, 0.6) is 0 Å². The van der Waals surface area contributed by atoms with E-state index in [1.807, 2.05) is 24.3 Å². The van der Waals surface area contributed by atoms with Crippen molar-refractivity contribution in [3.05, 3.63) is 35.4 Å². The third-order valence-corrected chi connectivity index (χ3v) is 3.34. The third kappa shape index (κ3) is 3.29. The maximum Gasteiger partial charge on any atom is 0.0991 e. The number of nitrogens with zero attached hydrogens (tertiary/aromatic N) is 1. The standard InChI is InChI=1S/C14H18N2O/c15-9-12-3-5-13(6-4-12)10-17-11-14(16)7-1-2-8-14/h3-6H,1-2,7-8,10-11,16H2. The molecule has 1 fully saturated rings. The van der Waals surface area contributed by atoms with Gasteiger partial charge in [0.05, 0.1) is 24.8 Å². The second-order valence-corrected chi connectivity index (χ2v) is 4.87. The molecule has 1 aromatic carbocycles. The molecule has 2 N–H and O–H groups in total. The van der Waals surface area contributed by atoms with E-state index in [9.17, 15) is 0 Å². The zero-order valence-corrected chi connectivity index (χ0v) is 9.98. The van der Waals surface area contributed by atoms with E-state index in [1.165, 1.54) is 12.8 Å². The summed E-state index contributed by atoms with van der Waals surface area (Å²) in [7, 11) is 0. The first kappa shape index (κ1) is 12.1. The van der Waals surface area contributed by atoms with E-state index in [2.05, 4.69) is 6.07 Å². The highest BCUT2D eigenvalue weighted by molar-refractivity contribution is 5.31. The van der Waals surface area contributed by atoms with Gasteiger partial charge in [0.15, 0.2) is 0 Å². The SMILES string of the molecule is N#Cc1ccc(COCC2(N)CCCC2)cc1. The number of rotatable bonds is 4. The van der Waals surface area contributed by atoms with Crippen LogP contribution >= 0.6 is 0 Å². The fraction of sp³-hybridized carbons (Fsp3) is 0.500. The molecule has 0 saturated heterocycles. The molecule has 2 rings (SSSR count). The van der Waals surface area contributed by atoms with E-state index < -0.39 is 0 Å². The monoisotopic (exact) mass is 230 g/mol. The van der Waals surface area contributed by atoms with Crippen LogP contribution in [0.25, 0.3) is 0 Å². The van der Waals surface area contributed by atoms with E-state index in [1.54, 1.807) is 0 Å². The Balaban J connectivity index is 1.80. The molecule has 90 valence electrons. The molecule has 0 atom stereocenters. The van der Waals surface area contributed by atoms with Gasteiger partial charge in [0.2, 0.25) is 0 Å². The van der Waals surface area contributed by atoms with E-state index in [0.717, 1.165) is 18.4 Å². The first-order chi connectivity index (χ1) is 8.22. The van der Waals surface area contributed by atoms with Crippen LogP contribution in [0.2, 0.25) is 0 Å². The number of nitriles is 1. The molecule has 1 aliphatic rings. The van der Waals surface area contributed by atoms with Crippen LogP contribution in [0.3, 0.4) is 0 Å². The Morgan fingerprint density at radius 3 is 2.47 bits per heavy atom. The lowest BCUT2D eigenvalue weighted by Gasteiger charge is -2.23. The van der Waals surface area contributed by atoms with Crippen LogP contribution < -0.4 is 5.73 Å². The molecule has 3 heteroatoms. The van der Waals surface area contributed by atoms with Crippen molar-refractivity contribution in [1.29, 1.82) is 5.26 Å². The zero-order valence-electron chi connectivity index (χ0n) is 9.98. The number of hydrogen-bond acceptors (Lipinski definition) is 3. The Morgan fingerprint density at radius 1 is 1.24 bits per heavy atom. The van der Waals surface area contributed by atoms with Gasteiger partial charge >= 0.3 is 0 Å². The number of hydrogen-bond donors (Lipinski definition) is 1. The lowest BCUT2D eigenvalue weighted by Crippen LogP contribution is -2.41. The van der Waals surface area contributed by atoms with Gasteiger partial charge in [-0.05, 0) is 30.5 Å². The summed E-state index contributed by atoms with van der Waals surface area (Å²) in [6, 6.07) is 9.58. The molecule has 1 saturated carbocycles. The second kappa shape index (κ2) is 5.31. The Labute approximate surface area is 102 Å². The molecule has 1 aliphatic carbocycles. The predicted molar refractivity (Wildman–Crippen MR) is 66.2 cm³/mol. The molecule has 0 bridgehead atoms.